The molecule has 0 aliphatic carbocycles. The number of aryl methyl sites for hydroxylation is 1. The minimum Gasteiger partial charge on any atom is -0.481 e. The fourth-order valence-corrected chi connectivity index (χ4v) is 1.87. The van der Waals surface area contributed by atoms with Gasteiger partial charge in [-0.25, -0.2) is 0 Å². The number of hydrogen-bond donors (Lipinski definition) is 2. The standard InChI is InChI=1S/C14H20N2O3/c1-11-5-3-4-6-13(11)16(9-7-14(18)19)10-8-15-12(2)17/h3-6H,7-10H2,1-2H3,(H,15,17)(H,18,19). The van der Waals surface area contributed by atoms with Crippen LogP contribution < -0.4 is 10.2 Å². The molecule has 104 valence electrons. The number of hydrogen-bond acceptors (Lipinski definition) is 3. The number of carboxylic acid groups (broad SMARTS) is 1. The van der Waals surface area contributed by atoms with Crippen molar-refractivity contribution < 1.29 is 14.7 Å². The molecular formula is C14H20N2O3. The summed E-state index contributed by atoms with van der Waals surface area (Å²) < 4.78 is 0. The van der Waals surface area contributed by atoms with Gasteiger partial charge >= 0.3 is 5.97 Å². The molecule has 1 rings (SSSR count). The van der Waals surface area contributed by atoms with Crippen LogP contribution in [-0.4, -0.2) is 36.6 Å². The number of carboxylic acids is 1. The second kappa shape index (κ2) is 7.41. The average molecular weight is 264 g/mol. The number of amides is 1. The minimum absolute atomic E-state index is 0.0778. The average Bonchev–Trinajstić information content (AvgIpc) is 2.34. The van der Waals surface area contributed by atoms with Crippen molar-refractivity contribution in [2.24, 2.45) is 0 Å². The molecule has 5 nitrogen and oxygen atoms in total. The molecule has 0 bridgehead atoms. The molecule has 0 saturated heterocycles. The van der Waals surface area contributed by atoms with E-state index in [4.69, 9.17) is 5.11 Å². The topological polar surface area (TPSA) is 69.6 Å². The number of nitrogens with zero attached hydrogens (tertiary/aromatic N) is 1. The van der Waals surface area contributed by atoms with E-state index in [9.17, 15) is 9.59 Å². The first-order valence-corrected chi connectivity index (χ1v) is 6.27. The van der Waals surface area contributed by atoms with Gasteiger partial charge in [0.2, 0.25) is 5.91 Å². The molecule has 1 aromatic carbocycles. The Bertz CT molecular complexity index is 446. The first-order valence-electron chi connectivity index (χ1n) is 6.27. The number of anilines is 1. The van der Waals surface area contributed by atoms with Gasteiger partial charge in [-0.15, -0.1) is 0 Å². The van der Waals surface area contributed by atoms with Crippen LogP contribution >= 0.6 is 0 Å². The SMILES string of the molecule is CC(=O)NCCN(CCC(=O)O)c1ccccc1C. The maximum absolute atomic E-state index is 10.9. The van der Waals surface area contributed by atoms with Crippen LogP contribution in [0.15, 0.2) is 24.3 Å². The van der Waals surface area contributed by atoms with Gasteiger partial charge in [0.1, 0.15) is 0 Å². The van der Waals surface area contributed by atoms with Gasteiger partial charge in [0, 0.05) is 32.2 Å². The van der Waals surface area contributed by atoms with Crippen LogP contribution in [0.25, 0.3) is 0 Å². The van der Waals surface area contributed by atoms with E-state index in [1.165, 1.54) is 6.92 Å². The van der Waals surface area contributed by atoms with Crippen LogP contribution in [0, 0.1) is 6.92 Å². The molecule has 1 aromatic rings. The van der Waals surface area contributed by atoms with Crippen molar-refractivity contribution in [1.29, 1.82) is 0 Å². The molecule has 0 radical (unpaired) electrons. The predicted molar refractivity (Wildman–Crippen MR) is 74.3 cm³/mol. The summed E-state index contributed by atoms with van der Waals surface area (Å²) in [5, 5.41) is 11.5. The monoisotopic (exact) mass is 264 g/mol. The highest BCUT2D eigenvalue weighted by Crippen LogP contribution is 2.19. The molecule has 19 heavy (non-hydrogen) atoms. The third-order valence-electron chi connectivity index (χ3n) is 2.81. The first kappa shape index (κ1) is 15.0. The summed E-state index contributed by atoms with van der Waals surface area (Å²) in [7, 11) is 0. The third kappa shape index (κ3) is 5.42. The molecular weight excluding hydrogens is 244 g/mol. The van der Waals surface area contributed by atoms with E-state index in [2.05, 4.69) is 5.32 Å². The largest absolute Gasteiger partial charge is 0.481 e. The lowest BCUT2D eigenvalue weighted by Gasteiger charge is -2.26. The molecule has 0 aromatic heterocycles. The van der Waals surface area contributed by atoms with Gasteiger partial charge in [-0.05, 0) is 18.6 Å². The van der Waals surface area contributed by atoms with Gasteiger partial charge in [0.05, 0.1) is 6.42 Å². The van der Waals surface area contributed by atoms with Gasteiger partial charge in [-0.1, -0.05) is 18.2 Å². The number of aliphatic carboxylic acids is 1. The Balaban J connectivity index is 2.71. The van der Waals surface area contributed by atoms with E-state index < -0.39 is 5.97 Å². The lowest BCUT2D eigenvalue weighted by atomic mass is 10.1. The fraction of sp³-hybridized carbons (Fsp3) is 0.429. The van der Waals surface area contributed by atoms with Crippen LogP contribution in [0.4, 0.5) is 5.69 Å². The Morgan fingerprint density at radius 1 is 1.26 bits per heavy atom. The molecule has 1 amide bonds. The maximum atomic E-state index is 10.9. The van der Waals surface area contributed by atoms with Crippen molar-refractivity contribution >= 4 is 17.6 Å². The van der Waals surface area contributed by atoms with Crippen molar-refractivity contribution in [2.45, 2.75) is 20.3 Å². The minimum atomic E-state index is -0.821. The zero-order valence-corrected chi connectivity index (χ0v) is 11.3. The summed E-state index contributed by atoms with van der Waals surface area (Å²) >= 11 is 0. The molecule has 0 unspecified atom stereocenters. The highest BCUT2D eigenvalue weighted by molar-refractivity contribution is 5.72. The normalized spacial score (nSPS) is 10.0. The van der Waals surface area contributed by atoms with Crippen LogP contribution in [0.1, 0.15) is 18.9 Å². The quantitative estimate of drug-likeness (QED) is 0.781. The number of carbonyl (C=O) groups excluding carboxylic acids is 1. The summed E-state index contributed by atoms with van der Waals surface area (Å²) in [6.45, 7) is 4.98. The number of benzene rings is 1. The summed E-state index contributed by atoms with van der Waals surface area (Å²) in [4.78, 5) is 23.6. The van der Waals surface area contributed by atoms with Gasteiger partial charge in [-0.3, -0.25) is 9.59 Å². The number of rotatable bonds is 7. The predicted octanol–water partition coefficient (Wildman–Crippen LogP) is 1.41. The summed E-state index contributed by atoms with van der Waals surface area (Å²) in [6, 6.07) is 7.82. The highest BCUT2D eigenvalue weighted by atomic mass is 16.4. The fourth-order valence-electron chi connectivity index (χ4n) is 1.87. The molecule has 0 saturated carbocycles. The zero-order valence-electron chi connectivity index (χ0n) is 11.3. The Labute approximate surface area is 113 Å². The van der Waals surface area contributed by atoms with Crippen molar-refractivity contribution in [3.05, 3.63) is 29.8 Å². The first-order chi connectivity index (χ1) is 9.00. The smallest absolute Gasteiger partial charge is 0.305 e. The lowest BCUT2D eigenvalue weighted by Crippen LogP contribution is -2.35. The van der Waals surface area contributed by atoms with Gasteiger partial charge < -0.3 is 15.3 Å². The second-order valence-corrected chi connectivity index (χ2v) is 4.40. The number of carbonyl (C=O) groups is 2. The van der Waals surface area contributed by atoms with Gasteiger partial charge in [0.15, 0.2) is 0 Å². The number of nitrogens with one attached hydrogen (secondary N) is 1. The van der Waals surface area contributed by atoms with Crippen molar-refractivity contribution in [1.82, 2.24) is 5.32 Å². The van der Waals surface area contributed by atoms with E-state index in [0.29, 0.717) is 19.6 Å². The molecule has 0 fully saturated rings. The van der Waals surface area contributed by atoms with Gasteiger partial charge in [-0.2, -0.15) is 0 Å². The van der Waals surface area contributed by atoms with Crippen LogP contribution in [0.2, 0.25) is 0 Å². The van der Waals surface area contributed by atoms with E-state index in [0.717, 1.165) is 11.3 Å². The number of para-hydroxylation sites is 1. The second-order valence-electron chi connectivity index (χ2n) is 4.40. The van der Waals surface area contributed by atoms with E-state index in [1.54, 1.807) is 0 Å². The molecule has 5 heteroatoms. The molecule has 0 aliphatic heterocycles. The van der Waals surface area contributed by atoms with E-state index in [-0.39, 0.29) is 12.3 Å². The summed E-state index contributed by atoms with van der Waals surface area (Å²) in [5.41, 5.74) is 2.10. The summed E-state index contributed by atoms with van der Waals surface area (Å²) in [5.74, 6) is -0.902. The Hall–Kier alpha value is -2.04. The molecule has 0 aliphatic rings. The van der Waals surface area contributed by atoms with Crippen molar-refractivity contribution in [2.75, 3.05) is 24.5 Å². The Morgan fingerprint density at radius 3 is 2.53 bits per heavy atom. The summed E-state index contributed by atoms with van der Waals surface area (Å²) in [6.07, 6.45) is 0.0778. The lowest BCUT2D eigenvalue weighted by molar-refractivity contribution is -0.136. The maximum Gasteiger partial charge on any atom is 0.305 e. The van der Waals surface area contributed by atoms with Crippen LogP contribution in [-0.2, 0) is 9.59 Å². The highest BCUT2D eigenvalue weighted by Gasteiger charge is 2.10. The molecule has 0 atom stereocenters. The molecule has 0 heterocycles. The van der Waals surface area contributed by atoms with Crippen LogP contribution in [0.5, 0.6) is 0 Å². The molecule has 2 N–H and O–H groups in total. The van der Waals surface area contributed by atoms with Crippen LogP contribution in [0.3, 0.4) is 0 Å². The van der Waals surface area contributed by atoms with Crippen molar-refractivity contribution in [3.63, 3.8) is 0 Å². The zero-order chi connectivity index (χ0) is 14.3. The third-order valence-corrected chi connectivity index (χ3v) is 2.81. The molecule has 0 spiro atoms. The van der Waals surface area contributed by atoms with E-state index >= 15 is 0 Å². The van der Waals surface area contributed by atoms with Gasteiger partial charge in [0.25, 0.3) is 0 Å². The van der Waals surface area contributed by atoms with E-state index in [1.807, 2.05) is 36.1 Å². The Morgan fingerprint density at radius 2 is 1.95 bits per heavy atom. The van der Waals surface area contributed by atoms with Crippen molar-refractivity contribution in [3.8, 4) is 0 Å². The Kier molecular flexibility index (Phi) is 5.85.